The fraction of sp³-hybridized carbons (Fsp3) is 0.667. The molecular weight excluding hydrogens is 578 g/mol. The second-order valence-corrected chi connectivity index (χ2v) is 13.3. The van der Waals surface area contributed by atoms with Gasteiger partial charge in [0, 0.05) is 18.4 Å². The molecule has 0 bridgehead atoms. The summed E-state index contributed by atoms with van der Waals surface area (Å²) in [6, 6.07) is 4.90. The van der Waals surface area contributed by atoms with Gasteiger partial charge < -0.3 is 36.9 Å². The van der Waals surface area contributed by atoms with E-state index in [9.17, 15) is 24.0 Å². The highest BCUT2D eigenvalue weighted by Gasteiger charge is 2.44. The molecule has 45 heavy (non-hydrogen) atoms. The van der Waals surface area contributed by atoms with Gasteiger partial charge >= 0.3 is 5.97 Å². The Balaban J connectivity index is 3.15. The van der Waals surface area contributed by atoms with Crippen molar-refractivity contribution in [3.63, 3.8) is 0 Å². The molecule has 0 saturated heterocycles. The van der Waals surface area contributed by atoms with Crippen LogP contribution in [0.5, 0.6) is 5.75 Å². The van der Waals surface area contributed by atoms with Crippen LogP contribution in [0, 0.1) is 11.3 Å². The SMILES string of the molecule is CCCCCC(=O)NC(Cc1ccc(OCOC(=O)C(C)(C)N)cc1)C(=O)NC(C(=O)NC(C)(C)C(C)(C)C(N)=O)C(C)CC. The summed E-state index contributed by atoms with van der Waals surface area (Å²) in [5.74, 6) is -2.22. The van der Waals surface area contributed by atoms with Crippen molar-refractivity contribution in [2.75, 3.05) is 6.79 Å². The Morgan fingerprint density at radius 1 is 0.889 bits per heavy atom. The van der Waals surface area contributed by atoms with Gasteiger partial charge in [-0.2, -0.15) is 0 Å². The van der Waals surface area contributed by atoms with E-state index in [4.69, 9.17) is 20.9 Å². The van der Waals surface area contributed by atoms with Gasteiger partial charge in [0.1, 0.15) is 23.4 Å². The van der Waals surface area contributed by atoms with Gasteiger partial charge in [-0.15, -0.1) is 0 Å². The number of rotatable bonds is 19. The van der Waals surface area contributed by atoms with E-state index in [1.165, 1.54) is 13.8 Å². The number of carbonyl (C=O) groups excluding carboxylic acids is 5. The van der Waals surface area contributed by atoms with Gasteiger partial charge in [-0.3, -0.25) is 19.2 Å². The molecule has 0 spiro atoms. The molecule has 254 valence electrons. The minimum atomic E-state index is -1.14. The van der Waals surface area contributed by atoms with Crippen molar-refractivity contribution >= 4 is 29.6 Å². The number of primary amides is 1. The Labute approximate surface area is 268 Å². The van der Waals surface area contributed by atoms with E-state index in [1.807, 2.05) is 20.8 Å². The molecule has 0 aliphatic carbocycles. The summed E-state index contributed by atoms with van der Waals surface area (Å²) < 4.78 is 10.5. The highest BCUT2D eigenvalue weighted by atomic mass is 16.7. The average molecular weight is 634 g/mol. The zero-order chi connectivity index (χ0) is 34.6. The summed E-state index contributed by atoms with van der Waals surface area (Å²) in [4.78, 5) is 64.0. The van der Waals surface area contributed by atoms with Crippen LogP contribution in [0.4, 0.5) is 0 Å². The van der Waals surface area contributed by atoms with Crippen molar-refractivity contribution in [3.05, 3.63) is 29.8 Å². The number of amides is 4. The van der Waals surface area contributed by atoms with Gasteiger partial charge in [-0.1, -0.05) is 52.2 Å². The van der Waals surface area contributed by atoms with Crippen molar-refractivity contribution < 1.29 is 33.4 Å². The lowest BCUT2D eigenvalue weighted by Crippen LogP contribution is -2.63. The van der Waals surface area contributed by atoms with E-state index in [-0.39, 0.29) is 31.5 Å². The molecule has 1 aromatic carbocycles. The highest BCUT2D eigenvalue weighted by molar-refractivity contribution is 5.93. The summed E-state index contributed by atoms with van der Waals surface area (Å²) in [5, 5.41) is 8.61. The van der Waals surface area contributed by atoms with Crippen LogP contribution < -0.4 is 32.2 Å². The molecule has 12 nitrogen and oxygen atoms in total. The Kier molecular flexibility index (Phi) is 15.0. The van der Waals surface area contributed by atoms with Crippen LogP contribution in [-0.2, 0) is 35.1 Å². The maximum absolute atomic E-state index is 13.7. The standard InChI is InChI=1S/C33H55N5O7/c1-10-12-13-14-25(39)36-24(19-22-15-17-23(18-16-22)44-20-45-30(43)32(6,7)35)27(40)37-26(21(3)11-2)28(41)38-33(8,9)31(4,5)29(34)42/h15-18,21,24,26H,10-14,19-20,35H2,1-9H3,(H2,34,42)(H,36,39)(H,37,40)(H,38,41). The predicted octanol–water partition coefficient (Wildman–Crippen LogP) is 2.85. The lowest BCUT2D eigenvalue weighted by Gasteiger charge is -2.41. The first-order chi connectivity index (χ1) is 20.8. The van der Waals surface area contributed by atoms with Gasteiger partial charge in [-0.25, -0.2) is 4.79 Å². The third-order valence-electron chi connectivity index (χ3n) is 8.37. The number of benzene rings is 1. The smallest absolute Gasteiger partial charge is 0.328 e. The third-order valence-corrected chi connectivity index (χ3v) is 8.37. The Morgan fingerprint density at radius 3 is 2.00 bits per heavy atom. The Morgan fingerprint density at radius 2 is 1.49 bits per heavy atom. The van der Waals surface area contributed by atoms with E-state index in [2.05, 4.69) is 16.0 Å². The molecule has 0 aliphatic rings. The maximum Gasteiger partial charge on any atom is 0.328 e. The molecule has 0 fully saturated rings. The maximum atomic E-state index is 13.7. The molecule has 0 saturated carbocycles. The fourth-order valence-electron chi connectivity index (χ4n) is 4.11. The fourth-order valence-corrected chi connectivity index (χ4v) is 4.11. The molecule has 3 atom stereocenters. The summed E-state index contributed by atoms with van der Waals surface area (Å²) in [6.07, 6.45) is 3.54. The summed E-state index contributed by atoms with van der Waals surface area (Å²) >= 11 is 0. The van der Waals surface area contributed by atoms with Crippen LogP contribution in [0.1, 0.15) is 100.0 Å². The number of carbonyl (C=O) groups is 5. The van der Waals surface area contributed by atoms with E-state index >= 15 is 0 Å². The van der Waals surface area contributed by atoms with Crippen molar-refractivity contribution in [1.29, 1.82) is 0 Å². The van der Waals surface area contributed by atoms with Crippen molar-refractivity contribution in [1.82, 2.24) is 16.0 Å². The topological polar surface area (TPSA) is 192 Å². The van der Waals surface area contributed by atoms with Crippen LogP contribution in [-0.4, -0.2) is 59.6 Å². The van der Waals surface area contributed by atoms with Crippen LogP contribution >= 0.6 is 0 Å². The zero-order valence-corrected chi connectivity index (χ0v) is 28.5. The highest BCUT2D eigenvalue weighted by Crippen LogP contribution is 2.30. The van der Waals surface area contributed by atoms with E-state index in [0.29, 0.717) is 18.6 Å². The molecule has 1 rings (SSSR count). The predicted molar refractivity (Wildman–Crippen MR) is 173 cm³/mol. The molecule has 1 aromatic rings. The van der Waals surface area contributed by atoms with Gasteiger partial charge in [0.15, 0.2) is 0 Å². The molecule has 0 aromatic heterocycles. The van der Waals surface area contributed by atoms with Crippen molar-refractivity contribution in [3.8, 4) is 5.75 Å². The Bertz CT molecular complexity index is 1160. The summed E-state index contributed by atoms with van der Waals surface area (Å²) in [7, 11) is 0. The summed E-state index contributed by atoms with van der Waals surface area (Å²) in [6.45, 7) is 15.3. The minimum Gasteiger partial charge on any atom is -0.457 e. The molecular formula is C33H55N5O7. The monoisotopic (exact) mass is 633 g/mol. The van der Waals surface area contributed by atoms with Crippen molar-refractivity contribution in [2.24, 2.45) is 22.8 Å². The molecule has 3 unspecified atom stereocenters. The second kappa shape index (κ2) is 17.1. The van der Waals surface area contributed by atoms with Gasteiger partial charge in [0.05, 0.1) is 5.41 Å². The van der Waals surface area contributed by atoms with Crippen LogP contribution in [0.25, 0.3) is 0 Å². The van der Waals surface area contributed by atoms with Crippen LogP contribution in [0.15, 0.2) is 24.3 Å². The average Bonchev–Trinajstić information content (AvgIpc) is 2.94. The van der Waals surface area contributed by atoms with E-state index in [0.717, 1.165) is 18.4 Å². The zero-order valence-electron chi connectivity index (χ0n) is 28.5. The molecule has 0 aliphatic heterocycles. The van der Waals surface area contributed by atoms with Gasteiger partial charge in [0.2, 0.25) is 30.4 Å². The van der Waals surface area contributed by atoms with Crippen LogP contribution in [0.2, 0.25) is 0 Å². The molecule has 0 radical (unpaired) electrons. The summed E-state index contributed by atoms with van der Waals surface area (Å²) in [5.41, 5.74) is 8.82. The number of unbranched alkanes of at least 4 members (excludes halogenated alkanes) is 2. The molecule has 7 N–H and O–H groups in total. The largest absolute Gasteiger partial charge is 0.457 e. The second-order valence-electron chi connectivity index (χ2n) is 13.3. The first-order valence-electron chi connectivity index (χ1n) is 15.7. The number of hydrogen-bond acceptors (Lipinski definition) is 8. The van der Waals surface area contributed by atoms with Gasteiger partial charge in [0.25, 0.3) is 0 Å². The number of hydrogen-bond donors (Lipinski definition) is 5. The quantitative estimate of drug-likeness (QED) is 0.0872. The third kappa shape index (κ3) is 12.3. The van der Waals surface area contributed by atoms with E-state index < -0.39 is 52.3 Å². The normalized spacial score (nSPS) is 14.0. The van der Waals surface area contributed by atoms with E-state index in [1.54, 1.807) is 52.0 Å². The van der Waals surface area contributed by atoms with Gasteiger partial charge in [-0.05, 0) is 71.6 Å². The number of nitrogens with one attached hydrogen (secondary N) is 3. The number of ether oxygens (including phenoxy) is 2. The lowest BCUT2D eigenvalue weighted by molar-refractivity contribution is -0.155. The first-order valence-corrected chi connectivity index (χ1v) is 15.7. The first kappa shape index (κ1) is 39.4. The number of nitrogens with two attached hydrogens (primary N) is 2. The molecule has 12 heteroatoms. The van der Waals surface area contributed by atoms with Crippen LogP contribution in [0.3, 0.4) is 0 Å². The lowest BCUT2D eigenvalue weighted by atomic mass is 9.73. The molecule has 4 amide bonds. The van der Waals surface area contributed by atoms with Crippen molar-refractivity contribution in [2.45, 2.75) is 124 Å². The minimum absolute atomic E-state index is 0.150. The number of esters is 1. The Hall–Kier alpha value is -3.67. The molecule has 0 heterocycles.